The van der Waals surface area contributed by atoms with Crippen LogP contribution in [0.2, 0.25) is 0 Å². The maximum Gasteiger partial charge on any atom is 0.327 e. The van der Waals surface area contributed by atoms with Crippen LogP contribution in [0.3, 0.4) is 0 Å². The summed E-state index contributed by atoms with van der Waals surface area (Å²) in [6.45, 7) is 7.04. The summed E-state index contributed by atoms with van der Waals surface area (Å²) in [5, 5.41) is 0. The lowest BCUT2D eigenvalue weighted by Gasteiger charge is -2.38. The van der Waals surface area contributed by atoms with E-state index in [4.69, 9.17) is 0 Å². The summed E-state index contributed by atoms with van der Waals surface area (Å²) in [6, 6.07) is 0. The van der Waals surface area contributed by atoms with Crippen molar-refractivity contribution in [3.63, 3.8) is 0 Å². The molecule has 2 bridgehead atoms. The van der Waals surface area contributed by atoms with Crippen molar-refractivity contribution in [2.45, 2.75) is 46.0 Å². The van der Waals surface area contributed by atoms with Crippen molar-refractivity contribution in [3.8, 4) is 0 Å². The van der Waals surface area contributed by atoms with Gasteiger partial charge in [0.2, 0.25) is 0 Å². The number of hydrogen-bond donors (Lipinski definition) is 3. The Balaban J connectivity index is 1.87. The van der Waals surface area contributed by atoms with Gasteiger partial charge in [-0.05, 0) is 36.0 Å². The molecule has 6 heteroatoms. The molecule has 0 radical (unpaired) electrons. The molecule has 3 atom stereocenters. The minimum atomic E-state index is -0.509. The molecule has 2 saturated carbocycles. The van der Waals surface area contributed by atoms with E-state index in [1.54, 1.807) is 0 Å². The van der Waals surface area contributed by atoms with Gasteiger partial charge in [0.05, 0.1) is 0 Å². The fraction of sp³-hybridized carbons (Fsp3) is 0.667. The maximum absolute atomic E-state index is 11.8. The van der Waals surface area contributed by atoms with Crippen molar-refractivity contribution in [1.29, 1.82) is 0 Å². The predicted octanol–water partition coefficient (Wildman–Crippen LogP) is 1.87. The normalized spacial score (nSPS) is 33.9. The van der Waals surface area contributed by atoms with Crippen molar-refractivity contribution in [3.05, 3.63) is 26.7 Å². The first kappa shape index (κ1) is 12.9. The van der Waals surface area contributed by atoms with Gasteiger partial charge in [-0.2, -0.15) is 0 Å². The SMILES string of the molecule is CC1(C)C2CCC1(C)C(c1nc3[nH]c(=O)[nH]c(=O)c3[nH]1)C2. The maximum atomic E-state index is 11.8. The Morgan fingerprint density at radius 2 is 1.90 bits per heavy atom. The molecule has 0 spiro atoms. The summed E-state index contributed by atoms with van der Waals surface area (Å²) in [6.07, 6.45) is 3.57. The second-order valence-electron chi connectivity index (χ2n) is 7.42. The van der Waals surface area contributed by atoms with Gasteiger partial charge in [0.1, 0.15) is 11.3 Å². The van der Waals surface area contributed by atoms with Crippen LogP contribution in [0.25, 0.3) is 11.2 Å². The number of aromatic amines is 3. The Bertz CT molecular complexity index is 843. The fourth-order valence-corrected chi connectivity index (χ4v) is 4.73. The molecule has 0 aromatic carbocycles. The van der Waals surface area contributed by atoms with E-state index in [0.717, 1.165) is 12.2 Å². The summed E-state index contributed by atoms with van der Waals surface area (Å²) >= 11 is 0. The van der Waals surface area contributed by atoms with Crippen molar-refractivity contribution >= 4 is 11.2 Å². The number of rotatable bonds is 1. The molecule has 2 aliphatic rings. The van der Waals surface area contributed by atoms with Gasteiger partial charge in [0, 0.05) is 5.92 Å². The zero-order chi connectivity index (χ0) is 15.0. The van der Waals surface area contributed by atoms with Gasteiger partial charge in [-0.25, -0.2) is 9.78 Å². The van der Waals surface area contributed by atoms with Crippen LogP contribution in [0.4, 0.5) is 0 Å². The molecule has 2 heterocycles. The first-order chi connectivity index (χ1) is 9.83. The third-order valence-electron chi connectivity index (χ3n) is 6.53. The van der Waals surface area contributed by atoms with E-state index in [0.29, 0.717) is 23.0 Å². The first-order valence-electron chi connectivity index (χ1n) is 7.55. The Hall–Kier alpha value is -1.85. The quantitative estimate of drug-likeness (QED) is 0.747. The largest absolute Gasteiger partial charge is 0.336 e. The van der Waals surface area contributed by atoms with Crippen molar-refractivity contribution in [2.75, 3.05) is 0 Å². The highest BCUT2D eigenvalue weighted by Crippen LogP contribution is 2.70. The molecule has 2 aromatic heterocycles. The van der Waals surface area contributed by atoms with Gasteiger partial charge in [-0.15, -0.1) is 0 Å². The number of aromatic nitrogens is 4. The van der Waals surface area contributed by atoms with Crippen molar-refractivity contribution < 1.29 is 0 Å². The molecular formula is C15H20N4O2. The van der Waals surface area contributed by atoms with Gasteiger partial charge >= 0.3 is 5.69 Å². The van der Waals surface area contributed by atoms with Crippen LogP contribution in [0, 0.1) is 16.7 Å². The number of hydrogen-bond acceptors (Lipinski definition) is 3. The summed E-state index contributed by atoms with van der Waals surface area (Å²) in [5.74, 6) is 1.87. The summed E-state index contributed by atoms with van der Waals surface area (Å²) in [7, 11) is 0. The van der Waals surface area contributed by atoms with Crippen LogP contribution in [0.5, 0.6) is 0 Å². The van der Waals surface area contributed by atoms with Crippen LogP contribution in [-0.2, 0) is 0 Å². The Kier molecular flexibility index (Phi) is 2.25. The minimum absolute atomic E-state index is 0.193. The monoisotopic (exact) mass is 288 g/mol. The van der Waals surface area contributed by atoms with Gasteiger partial charge in [-0.1, -0.05) is 20.8 Å². The second kappa shape index (κ2) is 3.67. The van der Waals surface area contributed by atoms with Gasteiger partial charge in [0.25, 0.3) is 5.56 Å². The topological polar surface area (TPSA) is 94.4 Å². The molecule has 21 heavy (non-hydrogen) atoms. The van der Waals surface area contributed by atoms with Gasteiger partial charge in [0.15, 0.2) is 5.65 Å². The van der Waals surface area contributed by atoms with Gasteiger partial charge in [-0.3, -0.25) is 14.8 Å². The van der Waals surface area contributed by atoms with E-state index in [2.05, 4.69) is 40.7 Å². The molecule has 0 saturated heterocycles. The van der Waals surface area contributed by atoms with E-state index in [1.165, 1.54) is 12.8 Å². The highest BCUT2D eigenvalue weighted by Gasteiger charge is 2.62. The van der Waals surface area contributed by atoms with Crippen LogP contribution < -0.4 is 11.2 Å². The molecule has 0 amide bonds. The second-order valence-corrected chi connectivity index (χ2v) is 7.42. The molecule has 112 valence electrons. The van der Waals surface area contributed by atoms with Crippen molar-refractivity contribution in [2.24, 2.45) is 16.7 Å². The zero-order valence-electron chi connectivity index (χ0n) is 12.5. The van der Waals surface area contributed by atoms with Crippen LogP contribution in [0.15, 0.2) is 9.59 Å². The Morgan fingerprint density at radius 1 is 1.14 bits per heavy atom. The molecule has 4 rings (SSSR count). The molecule has 3 N–H and O–H groups in total. The van der Waals surface area contributed by atoms with E-state index >= 15 is 0 Å². The smallest absolute Gasteiger partial charge is 0.327 e. The lowest BCUT2D eigenvalue weighted by Crippen LogP contribution is -2.31. The standard InChI is InChI=1S/C15H20N4O2/c1-14(2)7-4-5-15(14,3)8(6-7)10-16-9-11(17-10)18-13(21)19-12(9)20/h7-8H,4-6H2,1-3H3,(H3,16,17,18,19,20,21). The van der Waals surface area contributed by atoms with Crippen molar-refractivity contribution in [1.82, 2.24) is 19.9 Å². The van der Waals surface area contributed by atoms with E-state index in [1.807, 2.05) is 0 Å². The Morgan fingerprint density at radius 3 is 2.52 bits per heavy atom. The molecule has 2 aromatic rings. The first-order valence-corrected chi connectivity index (χ1v) is 7.55. The third-order valence-corrected chi connectivity index (χ3v) is 6.53. The van der Waals surface area contributed by atoms with Crippen LogP contribution >= 0.6 is 0 Å². The van der Waals surface area contributed by atoms with E-state index in [-0.39, 0.29) is 10.8 Å². The predicted molar refractivity (Wildman–Crippen MR) is 79.3 cm³/mol. The average Bonchev–Trinajstić information content (AvgIpc) is 2.96. The minimum Gasteiger partial charge on any atom is -0.336 e. The number of nitrogens with one attached hydrogen (secondary N) is 3. The zero-order valence-corrected chi connectivity index (χ0v) is 12.5. The molecule has 2 fully saturated rings. The highest BCUT2D eigenvalue weighted by atomic mass is 16.2. The number of imidazole rings is 1. The molecule has 3 unspecified atom stereocenters. The number of nitrogens with zero attached hydrogens (tertiary/aromatic N) is 1. The van der Waals surface area contributed by atoms with Crippen LogP contribution in [0.1, 0.15) is 51.8 Å². The van der Waals surface area contributed by atoms with E-state index in [9.17, 15) is 9.59 Å². The third kappa shape index (κ3) is 1.45. The van der Waals surface area contributed by atoms with E-state index < -0.39 is 11.2 Å². The number of fused-ring (bicyclic) bond motifs is 3. The summed E-state index contributed by atoms with van der Waals surface area (Å²) in [5.41, 5.74) is 0.302. The molecular weight excluding hydrogens is 268 g/mol. The highest BCUT2D eigenvalue weighted by molar-refractivity contribution is 5.68. The lowest BCUT2D eigenvalue weighted by atomic mass is 9.66. The van der Waals surface area contributed by atoms with Crippen LogP contribution in [-0.4, -0.2) is 19.9 Å². The summed E-state index contributed by atoms with van der Waals surface area (Å²) < 4.78 is 0. The lowest BCUT2D eigenvalue weighted by molar-refractivity contribution is 0.132. The Labute approximate surface area is 121 Å². The number of H-pyrrole nitrogens is 3. The van der Waals surface area contributed by atoms with Gasteiger partial charge < -0.3 is 4.98 Å². The molecule has 0 aliphatic heterocycles. The fourth-order valence-electron chi connectivity index (χ4n) is 4.73. The summed E-state index contributed by atoms with van der Waals surface area (Å²) in [4.78, 5) is 35.7. The molecule has 6 nitrogen and oxygen atoms in total. The average molecular weight is 288 g/mol. The molecule has 2 aliphatic carbocycles.